The zero-order valence-corrected chi connectivity index (χ0v) is 14.1. The fraction of sp³-hybridized carbons (Fsp3) is 0.400. The molecule has 2 aromatic rings. The zero-order chi connectivity index (χ0) is 18.1. The number of ether oxygens (including phenoxy) is 2. The lowest BCUT2D eigenvalue weighted by Gasteiger charge is -2.23. The number of pyridine rings is 1. The molecule has 0 bridgehead atoms. The van der Waals surface area contributed by atoms with Gasteiger partial charge in [-0.25, -0.2) is 9.97 Å². The maximum absolute atomic E-state index is 11.7. The molecule has 0 amide bonds. The van der Waals surface area contributed by atoms with Crippen LogP contribution in [0.5, 0.6) is 0 Å². The lowest BCUT2D eigenvalue weighted by molar-refractivity contribution is -0.383. The van der Waals surface area contributed by atoms with Gasteiger partial charge in [0.25, 0.3) is 0 Å². The fourth-order valence-electron chi connectivity index (χ4n) is 2.16. The van der Waals surface area contributed by atoms with Crippen molar-refractivity contribution in [2.75, 3.05) is 50.7 Å². The van der Waals surface area contributed by atoms with E-state index >= 15 is 0 Å². The topological polar surface area (TPSA) is 116 Å². The number of hydrogen-bond acceptors (Lipinski definition) is 9. The highest BCUT2D eigenvalue weighted by atomic mass is 16.6. The Balaban J connectivity index is 2.38. The van der Waals surface area contributed by atoms with Crippen molar-refractivity contribution in [1.82, 2.24) is 15.0 Å². The molecule has 0 aliphatic carbocycles. The van der Waals surface area contributed by atoms with Crippen LogP contribution in [0, 0.1) is 10.1 Å². The van der Waals surface area contributed by atoms with Crippen LogP contribution in [0.4, 0.5) is 23.0 Å². The van der Waals surface area contributed by atoms with Gasteiger partial charge in [-0.3, -0.25) is 15.1 Å². The summed E-state index contributed by atoms with van der Waals surface area (Å²) in [4.78, 5) is 25.0. The molecule has 10 nitrogen and oxygen atoms in total. The molecule has 0 radical (unpaired) electrons. The molecule has 0 saturated heterocycles. The van der Waals surface area contributed by atoms with Crippen molar-refractivity contribution in [3.63, 3.8) is 0 Å². The van der Waals surface area contributed by atoms with Gasteiger partial charge in [-0.2, -0.15) is 0 Å². The number of rotatable bonds is 10. The van der Waals surface area contributed by atoms with Crippen LogP contribution in [-0.4, -0.2) is 60.4 Å². The third-order valence-corrected chi connectivity index (χ3v) is 3.34. The van der Waals surface area contributed by atoms with Gasteiger partial charge in [0.15, 0.2) is 0 Å². The molecule has 2 rings (SSSR count). The molecule has 2 aromatic heterocycles. The van der Waals surface area contributed by atoms with Gasteiger partial charge in [-0.15, -0.1) is 0 Å². The van der Waals surface area contributed by atoms with E-state index < -0.39 is 4.92 Å². The third kappa shape index (κ3) is 5.06. The largest absolute Gasteiger partial charge is 0.383 e. The molecule has 0 aliphatic heterocycles. The Morgan fingerprint density at radius 3 is 2.52 bits per heavy atom. The second-order valence-electron chi connectivity index (χ2n) is 4.99. The van der Waals surface area contributed by atoms with Gasteiger partial charge in [0, 0.05) is 33.5 Å². The molecule has 0 fully saturated rings. The predicted molar refractivity (Wildman–Crippen MR) is 92.2 cm³/mol. The van der Waals surface area contributed by atoms with Gasteiger partial charge in [0.2, 0.25) is 11.6 Å². The molecule has 2 heterocycles. The highest BCUT2D eigenvalue weighted by molar-refractivity contribution is 5.74. The van der Waals surface area contributed by atoms with Gasteiger partial charge in [0.05, 0.1) is 30.0 Å². The summed E-state index contributed by atoms with van der Waals surface area (Å²) in [5.41, 5.74) is 0.383. The first kappa shape index (κ1) is 18.5. The van der Waals surface area contributed by atoms with Gasteiger partial charge in [-0.05, 0) is 12.1 Å². The van der Waals surface area contributed by atoms with Gasteiger partial charge in [-0.1, -0.05) is 0 Å². The number of nitro groups is 1. The van der Waals surface area contributed by atoms with Crippen LogP contribution in [0.1, 0.15) is 0 Å². The van der Waals surface area contributed by atoms with E-state index in [2.05, 4.69) is 20.3 Å². The minimum atomic E-state index is -0.499. The maximum Gasteiger partial charge on any atom is 0.353 e. The zero-order valence-electron chi connectivity index (χ0n) is 14.1. The van der Waals surface area contributed by atoms with Crippen molar-refractivity contribution < 1.29 is 14.4 Å². The first-order chi connectivity index (χ1) is 12.2. The number of nitrogens with zero attached hydrogens (tertiary/aromatic N) is 5. The van der Waals surface area contributed by atoms with Gasteiger partial charge < -0.3 is 19.7 Å². The summed E-state index contributed by atoms with van der Waals surface area (Å²) in [7, 11) is 3.14. The van der Waals surface area contributed by atoms with E-state index in [4.69, 9.17) is 9.47 Å². The molecule has 1 N–H and O–H groups in total. The average Bonchev–Trinajstić information content (AvgIpc) is 2.62. The predicted octanol–water partition coefficient (Wildman–Crippen LogP) is 1.62. The second-order valence-corrected chi connectivity index (χ2v) is 4.99. The number of methoxy groups -OCH3 is 2. The molecular weight excluding hydrogens is 328 g/mol. The molecule has 0 spiro atoms. The Morgan fingerprint density at radius 2 is 1.96 bits per heavy atom. The number of aromatic nitrogens is 3. The summed E-state index contributed by atoms with van der Waals surface area (Å²) >= 11 is 0. The Hall–Kier alpha value is -2.85. The fourth-order valence-corrected chi connectivity index (χ4v) is 2.16. The second kappa shape index (κ2) is 9.45. The van der Waals surface area contributed by atoms with Crippen molar-refractivity contribution in [2.24, 2.45) is 0 Å². The number of hydrogen-bond donors (Lipinski definition) is 1. The summed E-state index contributed by atoms with van der Waals surface area (Å²) in [5, 5.41) is 14.6. The molecule has 25 heavy (non-hydrogen) atoms. The first-order valence-corrected chi connectivity index (χ1v) is 7.56. The van der Waals surface area contributed by atoms with Crippen molar-refractivity contribution >= 4 is 23.0 Å². The van der Waals surface area contributed by atoms with Crippen molar-refractivity contribution in [3.8, 4) is 0 Å². The molecule has 0 aliphatic rings. The van der Waals surface area contributed by atoms with Crippen LogP contribution in [0.3, 0.4) is 0 Å². The maximum atomic E-state index is 11.7. The quantitative estimate of drug-likeness (QED) is 0.505. The molecule has 0 atom stereocenters. The van der Waals surface area contributed by atoms with Crippen LogP contribution in [0.25, 0.3) is 0 Å². The Bertz CT molecular complexity index is 677. The molecule has 10 heteroatoms. The summed E-state index contributed by atoms with van der Waals surface area (Å²) in [6.07, 6.45) is 4.45. The van der Waals surface area contributed by atoms with E-state index in [1.807, 2.05) is 0 Å². The van der Waals surface area contributed by atoms with Gasteiger partial charge in [0.1, 0.15) is 6.33 Å². The Kier molecular flexibility index (Phi) is 6.99. The molecule has 134 valence electrons. The third-order valence-electron chi connectivity index (χ3n) is 3.34. The van der Waals surface area contributed by atoms with Crippen molar-refractivity contribution in [1.29, 1.82) is 0 Å². The van der Waals surface area contributed by atoms with Crippen LogP contribution < -0.4 is 10.2 Å². The molecule has 0 aromatic carbocycles. The molecule has 0 unspecified atom stereocenters. The minimum absolute atomic E-state index is 0.0998. The number of anilines is 3. The lowest BCUT2D eigenvalue weighted by Crippen LogP contribution is -2.32. The molecule has 0 saturated carbocycles. The van der Waals surface area contributed by atoms with E-state index in [0.717, 1.165) is 0 Å². The minimum Gasteiger partial charge on any atom is -0.383 e. The van der Waals surface area contributed by atoms with E-state index in [0.29, 0.717) is 32.0 Å². The summed E-state index contributed by atoms with van der Waals surface area (Å²) in [5.74, 6) is 0.309. The Labute approximate surface area is 145 Å². The summed E-state index contributed by atoms with van der Waals surface area (Å²) in [6, 6.07) is 3.46. The molecular formula is C15H20N6O4. The lowest BCUT2D eigenvalue weighted by atomic mass is 10.3. The van der Waals surface area contributed by atoms with E-state index in [1.54, 1.807) is 43.6 Å². The van der Waals surface area contributed by atoms with Gasteiger partial charge >= 0.3 is 5.69 Å². The normalized spacial score (nSPS) is 10.5. The van der Waals surface area contributed by atoms with Crippen LogP contribution in [0.2, 0.25) is 0 Å². The highest BCUT2D eigenvalue weighted by Gasteiger charge is 2.27. The summed E-state index contributed by atoms with van der Waals surface area (Å²) < 4.78 is 10.2. The summed E-state index contributed by atoms with van der Waals surface area (Å²) in [6.45, 7) is 1.67. The van der Waals surface area contributed by atoms with Crippen molar-refractivity contribution in [2.45, 2.75) is 0 Å². The van der Waals surface area contributed by atoms with E-state index in [-0.39, 0.29) is 17.3 Å². The highest BCUT2D eigenvalue weighted by Crippen LogP contribution is 2.33. The van der Waals surface area contributed by atoms with Crippen molar-refractivity contribution in [3.05, 3.63) is 41.0 Å². The smallest absolute Gasteiger partial charge is 0.353 e. The first-order valence-electron chi connectivity index (χ1n) is 7.56. The number of nitrogens with one attached hydrogen (secondary N) is 1. The Morgan fingerprint density at radius 1 is 1.24 bits per heavy atom. The average molecular weight is 348 g/mol. The van der Waals surface area contributed by atoms with E-state index in [9.17, 15) is 10.1 Å². The standard InChI is InChI=1S/C15H20N6O4/c1-24-8-6-20(7-9-25-2)15-13(21(22)23)14(17-11-18-15)19-12-4-3-5-16-10-12/h3-5,10-11H,6-9H2,1-2H3,(H,17,18,19). The SMILES string of the molecule is COCCN(CCOC)c1ncnc(Nc2cccnc2)c1[N+](=O)[O-]. The van der Waals surface area contributed by atoms with Crippen LogP contribution in [-0.2, 0) is 9.47 Å². The van der Waals surface area contributed by atoms with Crippen LogP contribution >= 0.6 is 0 Å². The van der Waals surface area contributed by atoms with Crippen LogP contribution in [0.15, 0.2) is 30.9 Å². The monoisotopic (exact) mass is 348 g/mol. The van der Waals surface area contributed by atoms with E-state index in [1.165, 1.54) is 6.33 Å².